The van der Waals surface area contributed by atoms with Crippen molar-refractivity contribution in [2.24, 2.45) is 0 Å². The zero-order valence-corrected chi connectivity index (χ0v) is 19.2. The molecular weight excluding hydrogens is 450 g/mol. The molecule has 0 radical (unpaired) electrons. The van der Waals surface area contributed by atoms with Gasteiger partial charge >= 0.3 is 5.76 Å². The molecule has 0 N–H and O–H groups in total. The molecule has 3 aromatic rings. The van der Waals surface area contributed by atoms with Gasteiger partial charge < -0.3 is 18.8 Å². The third-order valence-electron chi connectivity index (χ3n) is 5.61. The number of aryl methyl sites for hydroxylation is 1. The van der Waals surface area contributed by atoms with Crippen molar-refractivity contribution in [3.8, 4) is 11.5 Å². The number of rotatable bonds is 7. The van der Waals surface area contributed by atoms with Crippen LogP contribution < -0.4 is 15.2 Å². The highest BCUT2D eigenvalue weighted by atomic mass is 32.2. The normalized spacial score (nSPS) is 15.0. The molecule has 1 saturated heterocycles. The van der Waals surface area contributed by atoms with Crippen LogP contribution in [0.1, 0.15) is 6.92 Å². The second-order valence-electron chi connectivity index (χ2n) is 7.49. The fraction of sp³-hybridized carbons (Fsp3) is 0.364. The average Bonchev–Trinajstić information content (AvgIpc) is 3.16. The first kappa shape index (κ1) is 22.9. The maximum atomic E-state index is 13.1. The first-order valence-corrected chi connectivity index (χ1v) is 12.0. The fourth-order valence-electron chi connectivity index (χ4n) is 3.74. The van der Waals surface area contributed by atoms with Gasteiger partial charge in [0, 0.05) is 38.8 Å². The highest BCUT2D eigenvalue weighted by molar-refractivity contribution is 7.89. The second-order valence-corrected chi connectivity index (χ2v) is 9.43. The Morgan fingerprint density at radius 1 is 1.03 bits per heavy atom. The van der Waals surface area contributed by atoms with Gasteiger partial charge in [-0.25, -0.2) is 13.2 Å². The van der Waals surface area contributed by atoms with Gasteiger partial charge in [-0.2, -0.15) is 4.31 Å². The zero-order chi connectivity index (χ0) is 23.6. The van der Waals surface area contributed by atoms with Crippen LogP contribution in [0.15, 0.2) is 56.6 Å². The number of fused-ring (bicyclic) bond motifs is 1. The summed E-state index contributed by atoms with van der Waals surface area (Å²) in [6.45, 7) is 2.94. The van der Waals surface area contributed by atoms with Gasteiger partial charge in [0.05, 0.1) is 17.5 Å². The molecule has 1 aliphatic heterocycles. The molecule has 10 nitrogen and oxygen atoms in total. The first-order chi connectivity index (χ1) is 15.8. The number of hydrogen-bond acceptors (Lipinski definition) is 7. The largest absolute Gasteiger partial charge is 0.497 e. The number of nitrogens with zero attached hydrogens (tertiary/aromatic N) is 3. The summed E-state index contributed by atoms with van der Waals surface area (Å²) in [6, 6.07) is 11.3. The highest BCUT2D eigenvalue weighted by Crippen LogP contribution is 2.23. The van der Waals surface area contributed by atoms with E-state index in [1.165, 1.54) is 21.0 Å². The molecule has 0 atom stereocenters. The number of oxazole rings is 1. The monoisotopic (exact) mass is 475 g/mol. The standard InChI is InChI=1S/C22H25N3O7S/c1-3-25-19-9-8-18(14-20(19)32-22(25)27)33(28,29)24-12-10-23(11-13-24)21(26)15-31-17-6-4-16(30-2)5-7-17/h4-9,14H,3,10-13,15H2,1-2H3. The third kappa shape index (κ3) is 4.60. The number of piperazine rings is 1. The van der Waals surface area contributed by atoms with Crippen molar-refractivity contribution in [1.82, 2.24) is 13.8 Å². The van der Waals surface area contributed by atoms with Crippen LogP contribution >= 0.6 is 0 Å². The van der Waals surface area contributed by atoms with Crippen LogP contribution in [0.3, 0.4) is 0 Å². The Morgan fingerprint density at radius 2 is 1.70 bits per heavy atom. The molecule has 33 heavy (non-hydrogen) atoms. The van der Waals surface area contributed by atoms with Gasteiger partial charge in [0.1, 0.15) is 11.5 Å². The van der Waals surface area contributed by atoms with Crippen LogP contribution in [0, 0.1) is 0 Å². The lowest BCUT2D eigenvalue weighted by atomic mass is 10.3. The van der Waals surface area contributed by atoms with Crippen LogP contribution in [0.25, 0.3) is 11.1 Å². The van der Waals surface area contributed by atoms with Crippen molar-refractivity contribution in [2.75, 3.05) is 39.9 Å². The zero-order valence-electron chi connectivity index (χ0n) is 18.4. The summed E-state index contributed by atoms with van der Waals surface area (Å²) in [6.07, 6.45) is 0. The SMILES string of the molecule is CCn1c(=O)oc2cc(S(=O)(=O)N3CCN(C(=O)COc4ccc(OC)cc4)CC3)ccc21. The minimum Gasteiger partial charge on any atom is -0.497 e. The lowest BCUT2D eigenvalue weighted by Crippen LogP contribution is -2.51. The number of methoxy groups -OCH3 is 1. The van der Waals surface area contributed by atoms with Gasteiger partial charge in [0.15, 0.2) is 12.2 Å². The summed E-state index contributed by atoms with van der Waals surface area (Å²) in [5.74, 6) is 0.498. The van der Waals surface area contributed by atoms with Crippen LogP contribution in [0.4, 0.5) is 0 Å². The minimum atomic E-state index is -3.79. The molecule has 11 heteroatoms. The number of sulfonamides is 1. The average molecular weight is 476 g/mol. The number of ether oxygens (including phenoxy) is 2. The Hall–Kier alpha value is -3.31. The summed E-state index contributed by atoms with van der Waals surface area (Å²) >= 11 is 0. The number of carbonyl (C=O) groups excluding carboxylic acids is 1. The fourth-order valence-corrected chi connectivity index (χ4v) is 5.18. The van der Waals surface area contributed by atoms with Crippen LogP contribution in [-0.2, 0) is 21.4 Å². The van der Waals surface area contributed by atoms with Gasteiger partial charge in [-0.3, -0.25) is 9.36 Å². The summed E-state index contributed by atoms with van der Waals surface area (Å²) < 4.78 is 44.8. The molecule has 2 aromatic carbocycles. The molecule has 0 saturated carbocycles. The third-order valence-corrected chi connectivity index (χ3v) is 7.50. The van der Waals surface area contributed by atoms with Crippen molar-refractivity contribution in [3.63, 3.8) is 0 Å². The molecule has 4 rings (SSSR count). The maximum absolute atomic E-state index is 13.1. The van der Waals surface area contributed by atoms with E-state index in [9.17, 15) is 18.0 Å². The molecule has 1 aliphatic rings. The predicted octanol–water partition coefficient (Wildman–Crippen LogP) is 1.53. The summed E-state index contributed by atoms with van der Waals surface area (Å²) in [4.78, 5) is 26.0. The summed E-state index contributed by atoms with van der Waals surface area (Å²) in [5.41, 5.74) is 0.779. The lowest BCUT2D eigenvalue weighted by Gasteiger charge is -2.33. The molecule has 0 unspecified atom stereocenters. The Bertz CT molecular complexity index is 1300. The molecule has 1 amide bonds. The van der Waals surface area contributed by atoms with E-state index in [2.05, 4.69) is 0 Å². The van der Waals surface area contributed by atoms with Crippen molar-refractivity contribution < 1.29 is 27.1 Å². The molecule has 1 aromatic heterocycles. The van der Waals surface area contributed by atoms with Crippen LogP contribution in [0.2, 0.25) is 0 Å². The van der Waals surface area contributed by atoms with Gasteiger partial charge in [-0.05, 0) is 43.3 Å². The quantitative estimate of drug-likeness (QED) is 0.510. The summed E-state index contributed by atoms with van der Waals surface area (Å²) in [7, 11) is -2.23. The molecule has 176 valence electrons. The molecule has 0 bridgehead atoms. The van der Waals surface area contributed by atoms with Crippen molar-refractivity contribution in [1.29, 1.82) is 0 Å². The number of benzene rings is 2. The molecule has 0 spiro atoms. The Kier molecular flexibility index (Phi) is 6.43. The topological polar surface area (TPSA) is 111 Å². The van der Waals surface area contributed by atoms with Gasteiger partial charge in [0.2, 0.25) is 10.0 Å². The van der Waals surface area contributed by atoms with E-state index in [4.69, 9.17) is 13.9 Å². The van der Waals surface area contributed by atoms with E-state index in [1.54, 1.807) is 42.3 Å². The van der Waals surface area contributed by atoms with Crippen LogP contribution in [0.5, 0.6) is 11.5 Å². The molecule has 0 aliphatic carbocycles. The van der Waals surface area contributed by atoms with E-state index in [0.29, 0.717) is 23.6 Å². The van der Waals surface area contributed by atoms with E-state index >= 15 is 0 Å². The van der Waals surface area contributed by atoms with Gasteiger partial charge in [0.25, 0.3) is 5.91 Å². The molecular formula is C22H25N3O7S. The Balaban J connectivity index is 1.37. The van der Waals surface area contributed by atoms with Gasteiger partial charge in [-0.1, -0.05) is 0 Å². The van der Waals surface area contributed by atoms with E-state index in [1.807, 2.05) is 6.92 Å². The van der Waals surface area contributed by atoms with Crippen LogP contribution in [-0.4, -0.2) is 68.0 Å². The predicted molar refractivity (Wildman–Crippen MR) is 120 cm³/mol. The van der Waals surface area contributed by atoms with E-state index in [-0.39, 0.29) is 49.2 Å². The highest BCUT2D eigenvalue weighted by Gasteiger charge is 2.30. The second kappa shape index (κ2) is 9.28. The Morgan fingerprint density at radius 3 is 2.33 bits per heavy atom. The lowest BCUT2D eigenvalue weighted by molar-refractivity contribution is -0.134. The smallest absolute Gasteiger partial charge is 0.419 e. The number of hydrogen-bond donors (Lipinski definition) is 0. The summed E-state index contributed by atoms with van der Waals surface area (Å²) in [5, 5.41) is 0. The van der Waals surface area contributed by atoms with Crippen molar-refractivity contribution in [2.45, 2.75) is 18.4 Å². The first-order valence-electron chi connectivity index (χ1n) is 10.5. The van der Waals surface area contributed by atoms with Gasteiger partial charge in [-0.15, -0.1) is 0 Å². The van der Waals surface area contributed by atoms with Crippen molar-refractivity contribution >= 4 is 27.0 Å². The number of aromatic nitrogens is 1. The minimum absolute atomic E-state index is 0.0506. The molecule has 2 heterocycles. The van der Waals surface area contributed by atoms with E-state index < -0.39 is 15.8 Å². The Labute approximate surface area is 191 Å². The van der Waals surface area contributed by atoms with Crippen molar-refractivity contribution in [3.05, 3.63) is 53.0 Å². The maximum Gasteiger partial charge on any atom is 0.419 e. The van der Waals surface area contributed by atoms with E-state index in [0.717, 1.165) is 0 Å². The molecule has 1 fully saturated rings. The number of amides is 1. The number of carbonyl (C=O) groups is 1.